The van der Waals surface area contributed by atoms with Crippen LogP contribution in [0.4, 0.5) is 0 Å². The lowest BCUT2D eigenvalue weighted by molar-refractivity contribution is 0.0950. The van der Waals surface area contributed by atoms with Crippen LogP contribution in [-0.2, 0) is 4.74 Å². The lowest BCUT2D eigenvalue weighted by atomic mass is 10.2. The molecule has 1 aromatic heterocycles. The predicted molar refractivity (Wildman–Crippen MR) is 112 cm³/mol. The van der Waals surface area contributed by atoms with Gasteiger partial charge in [0, 0.05) is 38.0 Å². The molecule has 1 heterocycles. The average Bonchev–Trinajstić information content (AvgIpc) is 2.60. The lowest BCUT2D eigenvalue weighted by Crippen LogP contribution is -2.33. The van der Waals surface area contributed by atoms with E-state index in [-0.39, 0.29) is 36.6 Å². The monoisotopic (exact) mass is 455 g/mol. The molecule has 0 saturated carbocycles. The number of amides is 1. The second-order valence-corrected chi connectivity index (χ2v) is 5.88. The fraction of sp³-hybridized carbons (Fsp3) is 0.294. The second kappa shape index (κ2) is 13.8. The van der Waals surface area contributed by atoms with Gasteiger partial charge in [-0.05, 0) is 30.3 Å². The predicted octanol–water partition coefficient (Wildman–Crippen LogP) is 3.99. The Morgan fingerprint density at radius 2 is 1.93 bits per heavy atom. The number of rotatable bonds is 9. The van der Waals surface area contributed by atoms with Crippen molar-refractivity contribution in [3.05, 3.63) is 52.1 Å². The number of methoxy groups -OCH3 is 1. The molecule has 27 heavy (non-hydrogen) atoms. The number of nitrogens with one attached hydrogen (secondary N) is 2. The summed E-state index contributed by atoms with van der Waals surface area (Å²) >= 11 is 12.0. The molecule has 0 spiro atoms. The fourth-order valence-electron chi connectivity index (χ4n) is 1.97. The van der Waals surface area contributed by atoms with E-state index in [0.717, 1.165) is 6.54 Å². The summed E-state index contributed by atoms with van der Waals surface area (Å²) in [5.74, 6) is 0.276. The zero-order valence-corrected chi connectivity index (χ0v) is 17.7. The van der Waals surface area contributed by atoms with Gasteiger partial charge in [-0.1, -0.05) is 23.2 Å². The van der Waals surface area contributed by atoms with Crippen molar-refractivity contribution in [2.75, 3.05) is 33.4 Å². The Morgan fingerprint density at radius 3 is 2.63 bits per heavy atom. The Kier molecular flexibility index (Phi) is 13.2. The van der Waals surface area contributed by atoms with E-state index >= 15 is 0 Å². The van der Waals surface area contributed by atoms with Gasteiger partial charge in [-0.15, -0.1) is 24.8 Å². The summed E-state index contributed by atoms with van der Waals surface area (Å²) < 4.78 is 10.6. The molecule has 150 valence electrons. The Morgan fingerprint density at radius 1 is 1.15 bits per heavy atom. The first kappa shape index (κ1) is 25.7. The molecule has 2 rings (SSSR count). The number of nitrogens with zero attached hydrogens (tertiary/aromatic N) is 1. The molecule has 0 bridgehead atoms. The van der Waals surface area contributed by atoms with Gasteiger partial charge >= 0.3 is 0 Å². The highest BCUT2D eigenvalue weighted by molar-refractivity contribution is 6.35. The number of hydrogen-bond acceptors (Lipinski definition) is 5. The Bertz CT molecular complexity index is 720. The second-order valence-electron chi connectivity index (χ2n) is 5.03. The average molecular weight is 457 g/mol. The molecule has 0 unspecified atom stereocenters. The Hall–Kier alpha value is -1.28. The summed E-state index contributed by atoms with van der Waals surface area (Å²) in [5.41, 5.74) is 0.324. The molecule has 0 aliphatic heterocycles. The van der Waals surface area contributed by atoms with Crippen molar-refractivity contribution in [1.82, 2.24) is 15.6 Å². The summed E-state index contributed by atoms with van der Waals surface area (Å²) in [4.78, 5) is 16.5. The van der Waals surface area contributed by atoms with E-state index in [2.05, 4.69) is 15.6 Å². The smallest absolute Gasteiger partial charge is 0.256 e. The summed E-state index contributed by atoms with van der Waals surface area (Å²) in [6.07, 6.45) is 1.54. The highest BCUT2D eigenvalue weighted by Crippen LogP contribution is 2.31. The molecular formula is C17H21Cl4N3O3. The molecule has 0 aliphatic rings. The highest BCUT2D eigenvalue weighted by Gasteiger charge is 2.15. The number of carbonyl (C=O) groups is 1. The van der Waals surface area contributed by atoms with Crippen LogP contribution in [-0.4, -0.2) is 44.2 Å². The van der Waals surface area contributed by atoms with Crippen LogP contribution >= 0.6 is 48.0 Å². The van der Waals surface area contributed by atoms with E-state index in [1.54, 1.807) is 43.6 Å². The highest BCUT2D eigenvalue weighted by atomic mass is 35.5. The Balaban J connectivity index is 0.00000338. The first-order valence-electron chi connectivity index (χ1n) is 7.67. The van der Waals surface area contributed by atoms with Crippen molar-refractivity contribution in [2.45, 2.75) is 0 Å². The van der Waals surface area contributed by atoms with Crippen LogP contribution in [0.5, 0.6) is 11.6 Å². The quantitative estimate of drug-likeness (QED) is 0.558. The van der Waals surface area contributed by atoms with Gasteiger partial charge in [0.1, 0.15) is 11.3 Å². The maximum Gasteiger partial charge on any atom is 0.256 e. The molecule has 6 nitrogen and oxygen atoms in total. The van der Waals surface area contributed by atoms with Crippen LogP contribution in [0.1, 0.15) is 10.4 Å². The van der Waals surface area contributed by atoms with Crippen LogP contribution in [0.25, 0.3) is 0 Å². The van der Waals surface area contributed by atoms with Crippen molar-refractivity contribution < 1.29 is 14.3 Å². The first-order valence-corrected chi connectivity index (χ1v) is 8.43. The minimum atomic E-state index is -0.276. The number of carbonyl (C=O) groups excluding carboxylic acids is 1. The minimum Gasteiger partial charge on any atom is -0.437 e. The van der Waals surface area contributed by atoms with Gasteiger partial charge in [-0.3, -0.25) is 4.79 Å². The van der Waals surface area contributed by atoms with Crippen LogP contribution in [0.3, 0.4) is 0 Å². The first-order chi connectivity index (χ1) is 12.1. The van der Waals surface area contributed by atoms with E-state index in [4.69, 9.17) is 32.7 Å². The minimum absolute atomic E-state index is 0. The molecule has 1 amide bonds. The number of aromatic nitrogens is 1. The van der Waals surface area contributed by atoms with Crippen LogP contribution in [0.2, 0.25) is 10.0 Å². The molecule has 0 fully saturated rings. The summed E-state index contributed by atoms with van der Waals surface area (Å²) in [6.45, 7) is 2.45. The van der Waals surface area contributed by atoms with E-state index in [0.29, 0.717) is 41.1 Å². The van der Waals surface area contributed by atoms with Crippen molar-refractivity contribution in [3.63, 3.8) is 0 Å². The number of benzene rings is 1. The van der Waals surface area contributed by atoms with E-state index in [9.17, 15) is 4.79 Å². The SMILES string of the molecule is COCCNCCNC(=O)c1cccnc1Oc1ccc(Cl)cc1Cl.Cl.Cl. The maximum absolute atomic E-state index is 12.3. The third kappa shape index (κ3) is 8.51. The largest absolute Gasteiger partial charge is 0.437 e. The molecule has 0 atom stereocenters. The molecule has 0 aliphatic carbocycles. The molecule has 1 aromatic carbocycles. The third-order valence-corrected chi connectivity index (χ3v) is 3.72. The zero-order valence-electron chi connectivity index (χ0n) is 14.5. The van der Waals surface area contributed by atoms with Gasteiger partial charge in [-0.25, -0.2) is 4.98 Å². The topological polar surface area (TPSA) is 72.5 Å². The maximum atomic E-state index is 12.3. The number of ether oxygens (including phenoxy) is 2. The number of halogens is 4. The van der Waals surface area contributed by atoms with Gasteiger partial charge in [0.2, 0.25) is 5.88 Å². The number of hydrogen-bond donors (Lipinski definition) is 2. The molecule has 2 aromatic rings. The standard InChI is InChI=1S/C17H19Cl2N3O3.2ClH/c1-24-10-9-20-7-8-21-16(23)13-3-2-6-22-17(13)25-15-5-4-12(18)11-14(15)19;;/h2-6,11,20H,7-10H2,1H3,(H,21,23);2*1H. The Labute approximate surface area is 180 Å². The van der Waals surface area contributed by atoms with Crippen LogP contribution < -0.4 is 15.4 Å². The van der Waals surface area contributed by atoms with E-state index in [1.807, 2.05) is 0 Å². The van der Waals surface area contributed by atoms with Gasteiger partial charge < -0.3 is 20.1 Å². The fourth-order valence-corrected chi connectivity index (χ4v) is 2.41. The molecule has 10 heteroatoms. The lowest BCUT2D eigenvalue weighted by Gasteiger charge is -2.11. The normalized spacial score (nSPS) is 9.74. The van der Waals surface area contributed by atoms with Crippen molar-refractivity contribution in [3.8, 4) is 11.6 Å². The van der Waals surface area contributed by atoms with Crippen molar-refractivity contribution >= 4 is 53.9 Å². The molecule has 2 N–H and O–H groups in total. The molecule has 0 saturated heterocycles. The van der Waals surface area contributed by atoms with Gasteiger partial charge in [0.25, 0.3) is 5.91 Å². The van der Waals surface area contributed by atoms with Crippen molar-refractivity contribution in [2.24, 2.45) is 0 Å². The zero-order chi connectivity index (χ0) is 18.1. The molecule has 0 radical (unpaired) electrons. The third-order valence-electron chi connectivity index (χ3n) is 3.19. The summed E-state index contributed by atoms with van der Waals surface area (Å²) in [7, 11) is 1.64. The van der Waals surface area contributed by atoms with Gasteiger partial charge in [0.05, 0.1) is 11.6 Å². The van der Waals surface area contributed by atoms with Crippen LogP contribution in [0, 0.1) is 0 Å². The summed E-state index contributed by atoms with van der Waals surface area (Å²) in [6, 6.07) is 8.15. The van der Waals surface area contributed by atoms with Crippen molar-refractivity contribution in [1.29, 1.82) is 0 Å². The van der Waals surface area contributed by atoms with Crippen LogP contribution in [0.15, 0.2) is 36.5 Å². The summed E-state index contributed by atoms with van der Waals surface area (Å²) in [5, 5.41) is 6.79. The van der Waals surface area contributed by atoms with E-state index < -0.39 is 0 Å². The van der Waals surface area contributed by atoms with Gasteiger partial charge in [0.15, 0.2) is 0 Å². The molecular weight excluding hydrogens is 436 g/mol. The number of pyridine rings is 1. The van der Waals surface area contributed by atoms with Gasteiger partial charge in [-0.2, -0.15) is 0 Å². The van der Waals surface area contributed by atoms with E-state index in [1.165, 1.54) is 0 Å².